The molecule has 0 aliphatic rings. The van der Waals surface area contributed by atoms with E-state index in [0.29, 0.717) is 6.61 Å². The second-order valence-corrected chi connectivity index (χ2v) is 3.08. The molecule has 1 rings (SSSR count). The lowest BCUT2D eigenvalue weighted by Gasteiger charge is -2.00. The van der Waals surface area contributed by atoms with Gasteiger partial charge >= 0.3 is 11.9 Å². The minimum atomic E-state index is -2.13. The Labute approximate surface area is 105 Å². The van der Waals surface area contributed by atoms with Crippen LogP contribution in [0.25, 0.3) is 0 Å². The van der Waals surface area contributed by atoms with E-state index in [4.69, 9.17) is 5.11 Å². The van der Waals surface area contributed by atoms with Crippen LogP contribution in [0.5, 0.6) is 0 Å². The Hall–Kier alpha value is -2.12. The van der Waals surface area contributed by atoms with Gasteiger partial charge in [-0.15, -0.1) is 0 Å². The van der Waals surface area contributed by atoms with Crippen LogP contribution in [0.3, 0.4) is 0 Å². The molecule has 0 bridgehead atoms. The summed E-state index contributed by atoms with van der Waals surface area (Å²) in [5, 5.41) is 8.21. The van der Waals surface area contributed by atoms with Gasteiger partial charge in [0.25, 0.3) is 0 Å². The maximum absolute atomic E-state index is 12.5. The van der Waals surface area contributed by atoms with Gasteiger partial charge in [-0.25, -0.2) is 22.4 Å². The zero-order valence-electron chi connectivity index (χ0n) is 9.97. The number of carboxylic acid groups (broad SMARTS) is 1. The van der Waals surface area contributed by atoms with Crippen molar-refractivity contribution in [1.82, 2.24) is 0 Å². The third-order valence-corrected chi connectivity index (χ3v) is 1.68. The molecule has 0 spiro atoms. The van der Waals surface area contributed by atoms with Crippen molar-refractivity contribution in [3.8, 4) is 0 Å². The number of aromatic carboxylic acids is 1. The summed E-state index contributed by atoms with van der Waals surface area (Å²) >= 11 is 0. The van der Waals surface area contributed by atoms with Crippen LogP contribution >= 0.6 is 0 Å². The molecule has 0 aromatic heterocycles. The average molecular weight is 282 g/mol. The van der Waals surface area contributed by atoms with Gasteiger partial charge < -0.3 is 9.84 Å². The van der Waals surface area contributed by atoms with E-state index in [0.717, 1.165) is 0 Å². The van der Waals surface area contributed by atoms with Crippen molar-refractivity contribution >= 4 is 11.9 Å². The SMILES string of the molecule is CCOC(C)=O.O=C(O)c1cc(F)c(F)c(F)c1F. The summed E-state index contributed by atoms with van der Waals surface area (Å²) in [4.78, 5) is 20.0. The maximum Gasteiger partial charge on any atom is 0.338 e. The second-order valence-electron chi connectivity index (χ2n) is 3.08. The first-order valence-corrected chi connectivity index (χ1v) is 4.92. The molecule has 0 atom stereocenters. The van der Waals surface area contributed by atoms with Gasteiger partial charge in [-0.2, -0.15) is 0 Å². The van der Waals surface area contributed by atoms with Crippen molar-refractivity contribution in [3.05, 3.63) is 34.9 Å². The van der Waals surface area contributed by atoms with Crippen LogP contribution in [-0.4, -0.2) is 23.7 Å². The molecule has 0 unspecified atom stereocenters. The standard InChI is InChI=1S/C7H2F4O2.C4H8O2/c8-3-1-2(7(12)13)4(9)6(11)5(3)10;1-3-6-4(2)5/h1H,(H,12,13);3H2,1-2H3. The summed E-state index contributed by atoms with van der Waals surface area (Å²) in [7, 11) is 0. The number of carboxylic acids is 1. The Morgan fingerprint density at radius 2 is 1.68 bits per heavy atom. The minimum Gasteiger partial charge on any atom is -0.478 e. The number of rotatable bonds is 2. The highest BCUT2D eigenvalue weighted by Crippen LogP contribution is 2.18. The van der Waals surface area contributed by atoms with E-state index in [2.05, 4.69) is 4.74 Å². The van der Waals surface area contributed by atoms with Gasteiger partial charge in [0, 0.05) is 6.92 Å². The van der Waals surface area contributed by atoms with E-state index in [1.165, 1.54) is 6.92 Å². The second kappa shape index (κ2) is 7.34. The predicted molar refractivity (Wildman–Crippen MR) is 55.5 cm³/mol. The summed E-state index contributed by atoms with van der Waals surface area (Å²) in [6.45, 7) is 3.65. The Morgan fingerprint density at radius 1 is 1.16 bits per heavy atom. The van der Waals surface area contributed by atoms with E-state index >= 15 is 0 Å². The number of halogens is 4. The monoisotopic (exact) mass is 282 g/mol. The molecule has 0 aliphatic carbocycles. The molecule has 19 heavy (non-hydrogen) atoms. The molecular formula is C11H10F4O4. The van der Waals surface area contributed by atoms with Crippen LogP contribution in [0.15, 0.2) is 6.07 Å². The van der Waals surface area contributed by atoms with E-state index < -0.39 is 34.8 Å². The first-order valence-electron chi connectivity index (χ1n) is 4.92. The number of benzene rings is 1. The highest BCUT2D eigenvalue weighted by Gasteiger charge is 2.22. The highest BCUT2D eigenvalue weighted by atomic mass is 19.2. The molecule has 1 aromatic rings. The summed E-state index contributed by atoms with van der Waals surface area (Å²) in [6, 6.07) is 0.0794. The summed E-state index contributed by atoms with van der Waals surface area (Å²) in [5.41, 5.74) is -1.24. The van der Waals surface area contributed by atoms with Crippen molar-refractivity contribution in [2.45, 2.75) is 13.8 Å². The van der Waals surface area contributed by atoms with Gasteiger partial charge in [-0.1, -0.05) is 0 Å². The molecule has 8 heteroatoms. The molecular weight excluding hydrogens is 272 g/mol. The van der Waals surface area contributed by atoms with Gasteiger partial charge in [0.1, 0.15) is 5.56 Å². The lowest BCUT2D eigenvalue weighted by molar-refractivity contribution is -0.140. The number of esters is 1. The lowest BCUT2D eigenvalue weighted by atomic mass is 10.2. The zero-order valence-corrected chi connectivity index (χ0v) is 9.97. The van der Waals surface area contributed by atoms with Crippen LogP contribution in [0.2, 0.25) is 0 Å². The smallest absolute Gasteiger partial charge is 0.338 e. The molecule has 0 saturated heterocycles. The fraction of sp³-hybridized carbons (Fsp3) is 0.273. The molecule has 1 N–H and O–H groups in total. The van der Waals surface area contributed by atoms with Crippen LogP contribution in [0, 0.1) is 23.3 Å². The molecule has 106 valence electrons. The molecule has 1 aromatic carbocycles. The largest absolute Gasteiger partial charge is 0.478 e. The van der Waals surface area contributed by atoms with E-state index in [1.54, 1.807) is 6.92 Å². The highest BCUT2D eigenvalue weighted by molar-refractivity contribution is 5.87. The van der Waals surface area contributed by atoms with E-state index in [9.17, 15) is 27.2 Å². The van der Waals surface area contributed by atoms with Gasteiger partial charge in [0.05, 0.1) is 6.61 Å². The average Bonchev–Trinajstić information content (AvgIpc) is 2.31. The molecule has 0 radical (unpaired) electrons. The van der Waals surface area contributed by atoms with Crippen LogP contribution in [0.4, 0.5) is 17.6 Å². The summed E-state index contributed by atoms with van der Waals surface area (Å²) < 4.78 is 53.9. The van der Waals surface area contributed by atoms with Crippen LogP contribution in [0.1, 0.15) is 24.2 Å². The molecule has 0 amide bonds. The first-order chi connectivity index (χ1) is 8.72. The van der Waals surface area contributed by atoms with Crippen molar-refractivity contribution < 1.29 is 37.0 Å². The third kappa shape index (κ3) is 4.94. The molecule has 4 nitrogen and oxygen atoms in total. The van der Waals surface area contributed by atoms with Gasteiger partial charge in [0.15, 0.2) is 23.3 Å². The Balaban J connectivity index is 0.000000459. The number of ether oxygens (including phenoxy) is 1. The first kappa shape index (κ1) is 16.9. The normalized spacial score (nSPS) is 9.37. The predicted octanol–water partition coefficient (Wildman–Crippen LogP) is 2.51. The number of carbonyl (C=O) groups excluding carboxylic acids is 1. The Kier molecular flexibility index (Phi) is 6.53. The van der Waals surface area contributed by atoms with Crippen LogP contribution < -0.4 is 0 Å². The van der Waals surface area contributed by atoms with Crippen molar-refractivity contribution in [2.75, 3.05) is 6.61 Å². The van der Waals surface area contributed by atoms with Gasteiger partial charge in [-0.05, 0) is 13.0 Å². The Bertz CT molecular complexity index is 488. The number of carbonyl (C=O) groups is 2. The number of hydrogen-bond donors (Lipinski definition) is 1. The Morgan fingerprint density at radius 3 is 2.00 bits per heavy atom. The fourth-order valence-electron chi connectivity index (χ4n) is 0.932. The summed E-state index contributed by atoms with van der Waals surface area (Å²) in [5.74, 6) is -9.88. The quantitative estimate of drug-likeness (QED) is 0.392. The molecule has 0 aliphatic heterocycles. The number of hydrogen-bond acceptors (Lipinski definition) is 3. The third-order valence-electron chi connectivity index (χ3n) is 1.68. The van der Waals surface area contributed by atoms with Gasteiger partial charge in [0.2, 0.25) is 0 Å². The molecule has 0 heterocycles. The molecule has 0 fully saturated rings. The maximum atomic E-state index is 12.5. The lowest BCUT2D eigenvalue weighted by Crippen LogP contribution is -2.06. The zero-order chi connectivity index (χ0) is 15.2. The topological polar surface area (TPSA) is 63.6 Å². The molecule has 0 saturated carbocycles. The van der Waals surface area contributed by atoms with Crippen LogP contribution in [-0.2, 0) is 9.53 Å². The van der Waals surface area contributed by atoms with E-state index in [-0.39, 0.29) is 12.0 Å². The van der Waals surface area contributed by atoms with E-state index in [1.807, 2.05) is 0 Å². The fourth-order valence-corrected chi connectivity index (χ4v) is 0.932. The minimum absolute atomic E-state index is 0.0794. The van der Waals surface area contributed by atoms with Crippen molar-refractivity contribution in [2.24, 2.45) is 0 Å². The summed E-state index contributed by atoms with van der Waals surface area (Å²) in [6.07, 6.45) is 0. The van der Waals surface area contributed by atoms with Crippen molar-refractivity contribution in [3.63, 3.8) is 0 Å². The van der Waals surface area contributed by atoms with Crippen molar-refractivity contribution in [1.29, 1.82) is 0 Å². The van der Waals surface area contributed by atoms with Gasteiger partial charge in [-0.3, -0.25) is 4.79 Å².